The molecule has 146 valence electrons. The van der Waals surface area contributed by atoms with Crippen LogP contribution in [0.4, 0.5) is 0 Å². The van der Waals surface area contributed by atoms with Gasteiger partial charge in [-0.25, -0.2) is 0 Å². The first kappa shape index (κ1) is 21.7. The Morgan fingerprint density at radius 1 is 1.24 bits per heavy atom. The normalized spacial score (nSPS) is 16.9. The highest BCUT2D eigenvalue weighted by Crippen LogP contribution is 2.17. The summed E-state index contributed by atoms with van der Waals surface area (Å²) in [5, 5.41) is 9.77. The van der Waals surface area contributed by atoms with E-state index in [2.05, 4.69) is 46.6 Å². The zero-order valence-corrected chi connectivity index (χ0v) is 16.7. The summed E-state index contributed by atoms with van der Waals surface area (Å²) >= 11 is 0. The standard InChI is InChI=1S/C19H39N5O/c1-5-24(6-2)15-9-10-16(3)22-19(20-4)21-14-13-18(25)23-17-11-7-8-12-17/h16-17H,5-15H2,1-4H3,(H,23,25)(H2,20,21,22). The van der Waals surface area contributed by atoms with Crippen LogP contribution in [0.5, 0.6) is 0 Å². The van der Waals surface area contributed by atoms with E-state index in [4.69, 9.17) is 0 Å². The van der Waals surface area contributed by atoms with Gasteiger partial charge in [0.25, 0.3) is 0 Å². The van der Waals surface area contributed by atoms with Crippen LogP contribution in [0.1, 0.15) is 65.7 Å². The van der Waals surface area contributed by atoms with Crippen LogP contribution < -0.4 is 16.0 Å². The molecular formula is C19H39N5O. The van der Waals surface area contributed by atoms with Gasteiger partial charge in [0.05, 0.1) is 0 Å². The molecule has 1 fully saturated rings. The van der Waals surface area contributed by atoms with Crippen LogP contribution in [0.3, 0.4) is 0 Å². The fourth-order valence-corrected chi connectivity index (χ4v) is 3.33. The van der Waals surface area contributed by atoms with Gasteiger partial charge in [-0.1, -0.05) is 26.7 Å². The predicted octanol–water partition coefficient (Wildman–Crippen LogP) is 2.11. The summed E-state index contributed by atoms with van der Waals surface area (Å²) in [6, 6.07) is 0.768. The van der Waals surface area contributed by atoms with Crippen molar-refractivity contribution in [3.05, 3.63) is 0 Å². The number of rotatable bonds is 11. The van der Waals surface area contributed by atoms with Crippen molar-refractivity contribution in [2.24, 2.45) is 4.99 Å². The number of hydrogen-bond donors (Lipinski definition) is 3. The highest BCUT2D eigenvalue weighted by atomic mass is 16.1. The lowest BCUT2D eigenvalue weighted by molar-refractivity contribution is -0.121. The van der Waals surface area contributed by atoms with Crippen molar-refractivity contribution in [2.45, 2.75) is 77.8 Å². The van der Waals surface area contributed by atoms with Crippen LogP contribution in [-0.4, -0.2) is 62.1 Å². The van der Waals surface area contributed by atoms with Crippen molar-refractivity contribution >= 4 is 11.9 Å². The summed E-state index contributed by atoms with van der Waals surface area (Å²) < 4.78 is 0. The van der Waals surface area contributed by atoms with E-state index in [1.807, 2.05) is 0 Å². The van der Waals surface area contributed by atoms with E-state index < -0.39 is 0 Å². The van der Waals surface area contributed by atoms with Gasteiger partial charge in [-0.05, 0) is 52.2 Å². The van der Waals surface area contributed by atoms with Crippen molar-refractivity contribution in [1.82, 2.24) is 20.9 Å². The molecule has 1 aliphatic rings. The lowest BCUT2D eigenvalue weighted by Crippen LogP contribution is -2.44. The number of amides is 1. The zero-order chi connectivity index (χ0) is 18.5. The first-order valence-electron chi connectivity index (χ1n) is 10.1. The Morgan fingerprint density at radius 2 is 1.92 bits per heavy atom. The van der Waals surface area contributed by atoms with Gasteiger partial charge in [-0.3, -0.25) is 9.79 Å². The van der Waals surface area contributed by atoms with Crippen LogP contribution in [0.15, 0.2) is 4.99 Å². The highest BCUT2D eigenvalue weighted by Gasteiger charge is 2.16. The molecule has 0 radical (unpaired) electrons. The molecule has 0 spiro atoms. The second-order valence-corrected chi connectivity index (χ2v) is 7.01. The molecule has 0 saturated heterocycles. The maximum atomic E-state index is 11.9. The van der Waals surface area contributed by atoms with Crippen molar-refractivity contribution in [1.29, 1.82) is 0 Å². The lowest BCUT2D eigenvalue weighted by Gasteiger charge is -2.21. The Kier molecular flexibility index (Phi) is 11.3. The average Bonchev–Trinajstić information content (AvgIpc) is 3.10. The molecule has 1 aliphatic carbocycles. The van der Waals surface area contributed by atoms with E-state index in [1.54, 1.807) is 7.05 Å². The number of aliphatic imine (C=N–C) groups is 1. The minimum absolute atomic E-state index is 0.141. The summed E-state index contributed by atoms with van der Waals surface area (Å²) in [6.07, 6.45) is 7.53. The van der Waals surface area contributed by atoms with Gasteiger partial charge in [0.15, 0.2) is 5.96 Å². The third kappa shape index (κ3) is 9.68. The van der Waals surface area contributed by atoms with E-state index in [0.29, 0.717) is 25.0 Å². The molecule has 1 rings (SSSR count). The van der Waals surface area contributed by atoms with Crippen LogP contribution in [-0.2, 0) is 4.79 Å². The zero-order valence-electron chi connectivity index (χ0n) is 16.7. The first-order valence-corrected chi connectivity index (χ1v) is 10.1. The lowest BCUT2D eigenvalue weighted by atomic mass is 10.2. The van der Waals surface area contributed by atoms with Gasteiger partial charge in [0, 0.05) is 32.1 Å². The predicted molar refractivity (Wildman–Crippen MR) is 106 cm³/mol. The van der Waals surface area contributed by atoms with E-state index in [9.17, 15) is 4.79 Å². The van der Waals surface area contributed by atoms with E-state index in [1.165, 1.54) is 19.3 Å². The molecule has 0 aromatic heterocycles. The van der Waals surface area contributed by atoms with E-state index >= 15 is 0 Å². The number of guanidine groups is 1. The number of nitrogens with zero attached hydrogens (tertiary/aromatic N) is 2. The molecule has 25 heavy (non-hydrogen) atoms. The molecule has 6 heteroatoms. The quantitative estimate of drug-likeness (QED) is 0.393. The minimum atomic E-state index is 0.141. The summed E-state index contributed by atoms with van der Waals surface area (Å²) in [5.41, 5.74) is 0. The molecule has 3 N–H and O–H groups in total. The SMILES string of the molecule is CCN(CC)CCCC(C)NC(=NC)NCCC(=O)NC1CCCC1. The van der Waals surface area contributed by atoms with Crippen molar-refractivity contribution in [3.8, 4) is 0 Å². The van der Waals surface area contributed by atoms with Gasteiger partial charge in [-0.15, -0.1) is 0 Å². The smallest absolute Gasteiger partial charge is 0.221 e. The topological polar surface area (TPSA) is 68.8 Å². The summed E-state index contributed by atoms with van der Waals surface area (Å²) in [6.45, 7) is 10.6. The van der Waals surface area contributed by atoms with Crippen molar-refractivity contribution in [2.75, 3.05) is 33.2 Å². The Balaban J connectivity index is 2.15. The first-order chi connectivity index (χ1) is 12.1. The van der Waals surface area contributed by atoms with Gasteiger partial charge >= 0.3 is 0 Å². The summed E-state index contributed by atoms with van der Waals surface area (Å²) in [7, 11) is 1.77. The summed E-state index contributed by atoms with van der Waals surface area (Å²) in [5.74, 6) is 0.922. The fraction of sp³-hybridized carbons (Fsp3) is 0.895. The van der Waals surface area contributed by atoms with Crippen LogP contribution in [0, 0.1) is 0 Å². The third-order valence-electron chi connectivity index (χ3n) is 4.98. The average molecular weight is 354 g/mol. The van der Waals surface area contributed by atoms with Gasteiger partial charge in [-0.2, -0.15) is 0 Å². The molecular weight excluding hydrogens is 314 g/mol. The molecule has 1 atom stereocenters. The molecule has 0 heterocycles. The molecule has 0 bridgehead atoms. The number of nitrogens with one attached hydrogen (secondary N) is 3. The Hall–Kier alpha value is -1.30. The van der Waals surface area contributed by atoms with Gasteiger partial charge < -0.3 is 20.9 Å². The number of hydrogen-bond acceptors (Lipinski definition) is 3. The van der Waals surface area contributed by atoms with E-state index in [-0.39, 0.29) is 5.91 Å². The number of carbonyl (C=O) groups excluding carboxylic acids is 1. The van der Waals surface area contributed by atoms with Gasteiger partial charge in [0.2, 0.25) is 5.91 Å². The van der Waals surface area contributed by atoms with Gasteiger partial charge in [0.1, 0.15) is 0 Å². The molecule has 1 amide bonds. The van der Waals surface area contributed by atoms with Crippen LogP contribution in [0.2, 0.25) is 0 Å². The Labute approximate surface area is 154 Å². The molecule has 0 aliphatic heterocycles. The maximum Gasteiger partial charge on any atom is 0.221 e. The van der Waals surface area contributed by atoms with E-state index in [0.717, 1.165) is 44.9 Å². The second kappa shape index (κ2) is 13.0. The maximum absolute atomic E-state index is 11.9. The van der Waals surface area contributed by atoms with Crippen molar-refractivity contribution < 1.29 is 4.79 Å². The molecule has 1 saturated carbocycles. The summed E-state index contributed by atoms with van der Waals surface area (Å²) in [4.78, 5) is 18.6. The monoisotopic (exact) mass is 353 g/mol. The fourth-order valence-electron chi connectivity index (χ4n) is 3.33. The molecule has 6 nitrogen and oxygen atoms in total. The number of carbonyl (C=O) groups is 1. The van der Waals surface area contributed by atoms with Crippen LogP contribution >= 0.6 is 0 Å². The Morgan fingerprint density at radius 3 is 2.52 bits per heavy atom. The minimum Gasteiger partial charge on any atom is -0.356 e. The highest BCUT2D eigenvalue weighted by molar-refractivity contribution is 5.81. The molecule has 0 aromatic rings. The third-order valence-corrected chi connectivity index (χ3v) is 4.98. The second-order valence-electron chi connectivity index (χ2n) is 7.01. The largest absolute Gasteiger partial charge is 0.356 e. The molecule has 1 unspecified atom stereocenters. The Bertz CT molecular complexity index is 389. The van der Waals surface area contributed by atoms with Crippen molar-refractivity contribution in [3.63, 3.8) is 0 Å². The molecule has 0 aromatic carbocycles. The van der Waals surface area contributed by atoms with Crippen LogP contribution in [0.25, 0.3) is 0 Å².